The Kier molecular flexibility index (Phi) is 5.70. The maximum atomic E-state index is 12.3. The van der Waals surface area contributed by atoms with Gasteiger partial charge in [0.05, 0.1) is 21.6 Å². The van der Waals surface area contributed by atoms with Crippen LogP contribution in [-0.4, -0.2) is 35.7 Å². The Labute approximate surface area is 164 Å². The third-order valence-corrected chi connectivity index (χ3v) is 4.67. The zero-order valence-electron chi connectivity index (χ0n) is 14.5. The molecule has 2 aromatic rings. The Morgan fingerprint density at radius 1 is 1.18 bits per heavy atom. The number of anilines is 1. The van der Waals surface area contributed by atoms with Crippen molar-refractivity contribution in [3.8, 4) is 0 Å². The highest BCUT2D eigenvalue weighted by Crippen LogP contribution is 2.31. The molecule has 1 amide bonds. The van der Waals surface area contributed by atoms with E-state index in [1.807, 2.05) is 0 Å². The van der Waals surface area contributed by atoms with Crippen molar-refractivity contribution in [2.45, 2.75) is 6.42 Å². The molecule has 0 bridgehead atoms. The van der Waals surface area contributed by atoms with Gasteiger partial charge in [0.2, 0.25) is 5.91 Å². The smallest absolute Gasteiger partial charge is 0.311 e. The van der Waals surface area contributed by atoms with Crippen LogP contribution in [-0.2, 0) is 14.3 Å². The number of amides is 1. The van der Waals surface area contributed by atoms with Crippen molar-refractivity contribution in [2.24, 2.45) is 5.92 Å². The van der Waals surface area contributed by atoms with Crippen LogP contribution in [0.3, 0.4) is 0 Å². The molecule has 8 nitrogen and oxygen atoms in total. The summed E-state index contributed by atoms with van der Waals surface area (Å²) < 4.78 is 5.05. The summed E-state index contributed by atoms with van der Waals surface area (Å²) in [5, 5.41) is 11.0. The predicted octanol–water partition coefficient (Wildman–Crippen LogP) is 3.03. The Bertz CT molecular complexity index is 944. The number of ether oxygens (including phenoxy) is 1. The van der Waals surface area contributed by atoms with Crippen molar-refractivity contribution in [3.63, 3.8) is 0 Å². The number of non-ortho nitro benzene ring substituents is 1. The van der Waals surface area contributed by atoms with E-state index in [1.165, 1.54) is 29.2 Å². The highest BCUT2D eigenvalue weighted by atomic mass is 35.5. The Hall–Kier alpha value is -3.26. The number of nitro groups is 1. The normalized spacial score (nSPS) is 16.1. The molecule has 144 valence electrons. The molecular formula is C19H15ClN2O6. The average Bonchev–Trinajstić information content (AvgIpc) is 3.08. The largest absolute Gasteiger partial charge is 0.457 e. The van der Waals surface area contributed by atoms with E-state index >= 15 is 0 Å². The number of hydrogen-bond acceptors (Lipinski definition) is 6. The maximum Gasteiger partial charge on any atom is 0.311 e. The molecule has 0 aromatic heterocycles. The van der Waals surface area contributed by atoms with Crippen molar-refractivity contribution in [1.82, 2.24) is 0 Å². The first kappa shape index (κ1) is 19.5. The summed E-state index contributed by atoms with van der Waals surface area (Å²) in [4.78, 5) is 48.1. The number of rotatable bonds is 6. The summed E-state index contributed by atoms with van der Waals surface area (Å²) in [6, 6.07) is 11.8. The van der Waals surface area contributed by atoms with Gasteiger partial charge in [0.25, 0.3) is 5.69 Å². The SMILES string of the molecule is O=C(COC(=O)[C@H]1CC(=O)N(c2ccccc2Cl)C1)c1ccc([N+](=O)[O-])cc1. The minimum atomic E-state index is -0.701. The molecule has 0 saturated carbocycles. The van der Waals surface area contributed by atoms with Crippen LogP contribution in [0.15, 0.2) is 48.5 Å². The van der Waals surface area contributed by atoms with Gasteiger partial charge in [-0.05, 0) is 24.3 Å². The number of nitro benzene ring substituents is 1. The highest BCUT2D eigenvalue weighted by molar-refractivity contribution is 6.33. The second-order valence-electron chi connectivity index (χ2n) is 6.19. The zero-order valence-corrected chi connectivity index (χ0v) is 15.3. The molecule has 1 heterocycles. The number of nitrogens with zero attached hydrogens (tertiary/aromatic N) is 2. The van der Waals surface area contributed by atoms with Gasteiger partial charge in [-0.2, -0.15) is 0 Å². The Morgan fingerprint density at radius 3 is 2.50 bits per heavy atom. The van der Waals surface area contributed by atoms with Crippen LogP contribution in [0.25, 0.3) is 0 Å². The Balaban J connectivity index is 1.58. The van der Waals surface area contributed by atoms with E-state index in [9.17, 15) is 24.5 Å². The van der Waals surface area contributed by atoms with Gasteiger partial charge in [0.1, 0.15) is 0 Å². The molecule has 0 aliphatic carbocycles. The minimum absolute atomic E-state index is 0.0320. The lowest BCUT2D eigenvalue weighted by atomic mass is 10.1. The molecule has 9 heteroatoms. The number of carbonyl (C=O) groups excluding carboxylic acids is 3. The first-order valence-electron chi connectivity index (χ1n) is 8.36. The lowest BCUT2D eigenvalue weighted by Gasteiger charge is -2.17. The summed E-state index contributed by atoms with van der Waals surface area (Å²) >= 11 is 6.10. The van der Waals surface area contributed by atoms with Crippen molar-refractivity contribution in [2.75, 3.05) is 18.1 Å². The number of halogens is 1. The van der Waals surface area contributed by atoms with Crippen LogP contribution in [0.4, 0.5) is 11.4 Å². The molecule has 1 atom stereocenters. The van der Waals surface area contributed by atoms with Gasteiger partial charge in [0, 0.05) is 30.7 Å². The minimum Gasteiger partial charge on any atom is -0.457 e. The molecule has 28 heavy (non-hydrogen) atoms. The van der Waals surface area contributed by atoms with E-state index in [2.05, 4.69) is 0 Å². The number of esters is 1. The molecule has 1 aliphatic heterocycles. The van der Waals surface area contributed by atoms with E-state index < -0.39 is 29.2 Å². The molecule has 0 radical (unpaired) electrons. The fraction of sp³-hybridized carbons (Fsp3) is 0.211. The van der Waals surface area contributed by atoms with Gasteiger partial charge in [-0.3, -0.25) is 24.5 Å². The molecule has 3 rings (SSSR count). The van der Waals surface area contributed by atoms with E-state index in [1.54, 1.807) is 24.3 Å². The summed E-state index contributed by atoms with van der Waals surface area (Å²) in [5.41, 5.74) is 0.572. The first-order valence-corrected chi connectivity index (χ1v) is 8.74. The third kappa shape index (κ3) is 4.17. The van der Waals surface area contributed by atoms with Crippen LogP contribution in [0.5, 0.6) is 0 Å². The second kappa shape index (κ2) is 8.18. The maximum absolute atomic E-state index is 12.3. The summed E-state index contributed by atoms with van der Waals surface area (Å²) in [6.07, 6.45) is -0.0320. The predicted molar refractivity (Wildman–Crippen MR) is 100 cm³/mol. The second-order valence-corrected chi connectivity index (χ2v) is 6.60. The topological polar surface area (TPSA) is 107 Å². The van der Waals surface area contributed by atoms with Crippen molar-refractivity contribution < 1.29 is 24.0 Å². The molecule has 0 N–H and O–H groups in total. The number of para-hydroxylation sites is 1. The molecule has 2 aromatic carbocycles. The lowest BCUT2D eigenvalue weighted by Crippen LogP contribution is -2.27. The van der Waals surface area contributed by atoms with E-state index in [4.69, 9.17) is 16.3 Å². The number of hydrogen-bond donors (Lipinski definition) is 0. The number of ketones is 1. The molecular weight excluding hydrogens is 388 g/mol. The van der Waals surface area contributed by atoms with Gasteiger partial charge in [-0.1, -0.05) is 23.7 Å². The number of Topliss-reactive ketones (excluding diaryl/α,β-unsaturated/α-hetero) is 1. The van der Waals surface area contributed by atoms with Gasteiger partial charge >= 0.3 is 5.97 Å². The Morgan fingerprint density at radius 2 is 1.86 bits per heavy atom. The number of carbonyl (C=O) groups is 3. The van der Waals surface area contributed by atoms with Gasteiger partial charge < -0.3 is 9.64 Å². The van der Waals surface area contributed by atoms with E-state index in [-0.39, 0.29) is 30.1 Å². The van der Waals surface area contributed by atoms with E-state index in [0.29, 0.717) is 10.7 Å². The third-order valence-electron chi connectivity index (χ3n) is 4.35. The monoisotopic (exact) mass is 402 g/mol. The molecule has 0 spiro atoms. The standard InChI is InChI=1S/C19H15ClN2O6/c20-15-3-1-2-4-16(15)21-10-13(9-18(21)24)19(25)28-11-17(23)12-5-7-14(8-6-12)22(26)27/h1-8,13H,9-11H2/t13-/m0/s1. The van der Waals surface area contributed by atoms with Gasteiger partial charge in [0.15, 0.2) is 12.4 Å². The quantitative estimate of drug-likeness (QED) is 0.318. The van der Waals surface area contributed by atoms with Crippen LogP contribution >= 0.6 is 11.6 Å². The van der Waals surface area contributed by atoms with Gasteiger partial charge in [-0.25, -0.2) is 0 Å². The fourth-order valence-corrected chi connectivity index (χ4v) is 3.11. The van der Waals surface area contributed by atoms with Crippen LogP contribution in [0.1, 0.15) is 16.8 Å². The van der Waals surface area contributed by atoms with Crippen molar-refractivity contribution in [3.05, 3.63) is 69.2 Å². The molecule has 1 aliphatic rings. The van der Waals surface area contributed by atoms with Crippen LogP contribution < -0.4 is 4.90 Å². The fourth-order valence-electron chi connectivity index (χ4n) is 2.88. The van der Waals surface area contributed by atoms with Crippen molar-refractivity contribution in [1.29, 1.82) is 0 Å². The molecule has 1 saturated heterocycles. The van der Waals surface area contributed by atoms with E-state index in [0.717, 1.165) is 0 Å². The summed E-state index contributed by atoms with van der Waals surface area (Å²) in [5.74, 6) is -2.10. The average molecular weight is 403 g/mol. The molecule has 0 unspecified atom stereocenters. The van der Waals surface area contributed by atoms with Gasteiger partial charge in [-0.15, -0.1) is 0 Å². The summed E-state index contributed by atoms with van der Waals surface area (Å²) in [7, 11) is 0. The zero-order chi connectivity index (χ0) is 20.3. The van der Waals surface area contributed by atoms with Crippen LogP contribution in [0, 0.1) is 16.0 Å². The number of benzene rings is 2. The lowest BCUT2D eigenvalue weighted by molar-refractivity contribution is -0.384. The summed E-state index contributed by atoms with van der Waals surface area (Å²) in [6.45, 7) is -0.388. The van der Waals surface area contributed by atoms with Crippen molar-refractivity contribution >= 4 is 40.6 Å². The highest BCUT2D eigenvalue weighted by Gasteiger charge is 2.37. The first-order chi connectivity index (χ1) is 13.4. The van der Waals surface area contributed by atoms with Crippen LogP contribution in [0.2, 0.25) is 5.02 Å². The molecule has 1 fully saturated rings.